The summed E-state index contributed by atoms with van der Waals surface area (Å²) in [5, 5.41) is 9.45. The van der Waals surface area contributed by atoms with Crippen LogP contribution < -0.4 is 4.74 Å². The van der Waals surface area contributed by atoms with Crippen molar-refractivity contribution < 1.29 is 23.0 Å². The van der Waals surface area contributed by atoms with Crippen LogP contribution in [-0.2, 0) is 13.1 Å². The standard InChI is InChI=1S/C21H25F3N2O2/c22-18-5-1-17(2-6-18)14-26-11-10-25(15-19(26)9-12-27)13-16-3-7-20(8-4-16)28-21(23)24/h1-8,19,21,27H,9-15H2/t19-/m0/s1. The third-order valence-corrected chi connectivity index (χ3v) is 5.00. The van der Waals surface area contributed by atoms with Crippen LogP contribution in [0.15, 0.2) is 48.5 Å². The number of rotatable bonds is 8. The first kappa shape index (κ1) is 20.6. The number of ether oxygens (including phenoxy) is 1. The Morgan fingerprint density at radius 3 is 2.25 bits per heavy atom. The zero-order valence-corrected chi connectivity index (χ0v) is 15.6. The van der Waals surface area contributed by atoms with Crippen molar-refractivity contribution in [3.63, 3.8) is 0 Å². The Bertz CT molecular complexity index is 725. The molecule has 1 N–H and O–H groups in total. The molecule has 0 radical (unpaired) electrons. The van der Waals surface area contributed by atoms with Crippen molar-refractivity contribution in [2.24, 2.45) is 0 Å². The highest BCUT2D eigenvalue weighted by atomic mass is 19.3. The highest BCUT2D eigenvalue weighted by Crippen LogP contribution is 2.20. The van der Waals surface area contributed by atoms with Gasteiger partial charge in [-0.25, -0.2) is 4.39 Å². The highest BCUT2D eigenvalue weighted by Gasteiger charge is 2.26. The summed E-state index contributed by atoms with van der Waals surface area (Å²) in [7, 11) is 0. The molecule has 0 bridgehead atoms. The average Bonchev–Trinajstić information content (AvgIpc) is 2.67. The van der Waals surface area contributed by atoms with Crippen LogP contribution in [0.25, 0.3) is 0 Å². The lowest BCUT2D eigenvalue weighted by Gasteiger charge is -2.41. The van der Waals surface area contributed by atoms with Gasteiger partial charge in [0.1, 0.15) is 11.6 Å². The van der Waals surface area contributed by atoms with Crippen LogP contribution in [0, 0.1) is 5.82 Å². The van der Waals surface area contributed by atoms with Gasteiger partial charge >= 0.3 is 6.61 Å². The van der Waals surface area contributed by atoms with Gasteiger partial charge < -0.3 is 9.84 Å². The van der Waals surface area contributed by atoms with Crippen LogP contribution in [-0.4, -0.2) is 53.8 Å². The summed E-state index contributed by atoms with van der Waals surface area (Å²) in [6.45, 7) is 1.22. The molecule has 0 spiro atoms. The number of piperazine rings is 1. The summed E-state index contributed by atoms with van der Waals surface area (Å²) >= 11 is 0. The number of aliphatic hydroxyl groups excluding tert-OH is 1. The zero-order valence-electron chi connectivity index (χ0n) is 15.6. The third kappa shape index (κ3) is 5.95. The fourth-order valence-electron chi connectivity index (χ4n) is 3.59. The molecule has 7 heteroatoms. The Labute approximate surface area is 163 Å². The Morgan fingerprint density at radius 1 is 0.964 bits per heavy atom. The van der Waals surface area contributed by atoms with Gasteiger partial charge in [-0.15, -0.1) is 0 Å². The molecule has 3 rings (SSSR count). The number of halogens is 3. The first-order valence-electron chi connectivity index (χ1n) is 9.39. The van der Waals surface area contributed by atoms with E-state index in [2.05, 4.69) is 14.5 Å². The lowest BCUT2D eigenvalue weighted by Crippen LogP contribution is -2.52. The molecule has 1 aliphatic rings. The van der Waals surface area contributed by atoms with Gasteiger partial charge in [0.2, 0.25) is 0 Å². The van der Waals surface area contributed by atoms with Crippen LogP contribution in [0.4, 0.5) is 13.2 Å². The predicted octanol–water partition coefficient (Wildman–Crippen LogP) is 3.50. The van der Waals surface area contributed by atoms with Gasteiger partial charge in [0.05, 0.1) is 0 Å². The molecule has 1 aliphatic heterocycles. The van der Waals surface area contributed by atoms with Crippen LogP contribution in [0.1, 0.15) is 17.5 Å². The number of hydrogen-bond donors (Lipinski definition) is 1. The second kappa shape index (κ2) is 9.91. The lowest BCUT2D eigenvalue weighted by atomic mass is 10.1. The largest absolute Gasteiger partial charge is 0.435 e. The molecule has 152 valence electrons. The maximum Gasteiger partial charge on any atom is 0.387 e. The van der Waals surface area contributed by atoms with Crippen molar-refractivity contribution in [1.29, 1.82) is 0 Å². The fraction of sp³-hybridized carbons (Fsp3) is 0.429. The van der Waals surface area contributed by atoms with Gasteiger partial charge in [0.15, 0.2) is 0 Å². The van der Waals surface area contributed by atoms with E-state index in [-0.39, 0.29) is 24.2 Å². The van der Waals surface area contributed by atoms with E-state index in [9.17, 15) is 18.3 Å². The molecule has 0 aromatic heterocycles. The summed E-state index contributed by atoms with van der Waals surface area (Å²) in [4.78, 5) is 4.62. The van der Waals surface area contributed by atoms with Crippen LogP contribution in [0.5, 0.6) is 5.75 Å². The zero-order chi connectivity index (χ0) is 19.9. The molecule has 0 aliphatic carbocycles. The third-order valence-electron chi connectivity index (χ3n) is 5.00. The molecular weight excluding hydrogens is 369 g/mol. The number of alkyl halides is 2. The molecule has 28 heavy (non-hydrogen) atoms. The van der Waals surface area contributed by atoms with E-state index >= 15 is 0 Å². The Hall–Kier alpha value is -2.09. The Morgan fingerprint density at radius 2 is 1.61 bits per heavy atom. The minimum atomic E-state index is -2.82. The van der Waals surface area contributed by atoms with Gasteiger partial charge in [-0.3, -0.25) is 9.80 Å². The molecule has 1 atom stereocenters. The quantitative estimate of drug-likeness (QED) is 0.744. The maximum atomic E-state index is 13.1. The molecule has 1 fully saturated rings. The second-order valence-electron chi connectivity index (χ2n) is 7.02. The Balaban J connectivity index is 1.57. The van der Waals surface area contributed by atoms with Gasteiger partial charge in [0, 0.05) is 45.4 Å². The van der Waals surface area contributed by atoms with Crippen molar-refractivity contribution in [3.8, 4) is 5.75 Å². The molecule has 4 nitrogen and oxygen atoms in total. The minimum absolute atomic E-state index is 0.109. The van der Waals surface area contributed by atoms with E-state index < -0.39 is 6.61 Å². The molecule has 0 saturated carbocycles. The normalized spacial score (nSPS) is 18.5. The van der Waals surface area contributed by atoms with E-state index in [4.69, 9.17) is 0 Å². The molecule has 0 amide bonds. The summed E-state index contributed by atoms with van der Waals surface area (Å²) in [6.07, 6.45) is 0.666. The maximum absolute atomic E-state index is 13.1. The first-order valence-corrected chi connectivity index (χ1v) is 9.39. The average molecular weight is 394 g/mol. The van der Waals surface area contributed by atoms with E-state index in [1.807, 2.05) is 0 Å². The predicted molar refractivity (Wildman–Crippen MR) is 101 cm³/mol. The van der Waals surface area contributed by atoms with Crippen molar-refractivity contribution in [1.82, 2.24) is 9.80 Å². The summed E-state index contributed by atoms with van der Waals surface area (Å²) in [5.74, 6) is -0.0912. The van der Waals surface area contributed by atoms with E-state index in [1.165, 1.54) is 12.1 Å². The van der Waals surface area contributed by atoms with Crippen molar-refractivity contribution in [2.45, 2.75) is 32.2 Å². The summed E-state index contributed by atoms with van der Waals surface area (Å²) in [6, 6.07) is 13.4. The molecule has 0 unspecified atom stereocenters. The number of benzene rings is 2. The van der Waals surface area contributed by atoms with Gasteiger partial charge in [0.25, 0.3) is 0 Å². The number of aliphatic hydroxyl groups is 1. The Kier molecular flexibility index (Phi) is 7.30. The van der Waals surface area contributed by atoms with Crippen molar-refractivity contribution in [3.05, 3.63) is 65.5 Å². The van der Waals surface area contributed by atoms with Crippen molar-refractivity contribution in [2.75, 3.05) is 26.2 Å². The monoisotopic (exact) mass is 394 g/mol. The molecular formula is C21H25F3N2O2. The van der Waals surface area contributed by atoms with Gasteiger partial charge in [-0.2, -0.15) is 8.78 Å². The number of nitrogens with zero attached hydrogens (tertiary/aromatic N) is 2. The highest BCUT2D eigenvalue weighted by molar-refractivity contribution is 5.27. The first-order chi connectivity index (χ1) is 13.5. The van der Waals surface area contributed by atoms with Gasteiger partial charge in [-0.1, -0.05) is 24.3 Å². The van der Waals surface area contributed by atoms with E-state index in [1.54, 1.807) is 36.4 Å². The fourth-order valence-corrected chi connectivity index (χ4v) is 3.59. The van der Waals surface area contributed by atoms with E-state index in [0.717, 1.165) is 37.3 Å². The topological polar surface area (TPSA) is 35.9 Å². The summed E-state index contributed by atoms with van der Waals surface area (Å²) in [5.41, 5.74) is 2.07. The van der Waals surface area contributed by atoms with Crippen molar-refractivity contribution >= 4 is 0 Å². The van der Waals surface area contributed by atoms with Crippen LogP contribution >= 0.6 is 0 Å². The smallest absolute Gasteiger partial charge is 0.387 e. The van der Waals surface area contributed by atoms with Crippen LogP contribution in [0.3, 0.4) is 0 Å². The summed E-state index contributed by atoms with van der Waals surface area (Å²) < 4.78 is 42.0. The molecule has 2 aromatic carbocycles. The van der Waals surface area contributed by atoms with Crippen LogP contribution in [0.2, 0.25) is 0 Å². The SMILES string of the molecule is OCC[C@H]1CN(Cc2ccc(OC(F)F)cc2)CCN1Cc1ccc(F)cc1. The molecule has 1 heterocycles. The molecule has 2 aromatic rings. The molecule has 1 saturated heterocycles. The second-order valence-corrected chi connectivity index (χ2v) is 7.02. The van der Waals surface area contributed by atoms with Gasteiger partial charge in [-0.05, 0) is 41.8 Å². The lowest BCUT2D eigenvalue weighted by molar-refractivity contribution is -0.0498. The van der Waals surface area contributed by atoms with E-state index in [0.29, 0.717) is 13.0 Å². The number of hydrogen-bond acceptors (Lipinski definition) is 4. The minimum Gasteiger partial charge on any atom is -0.435 e.